The monoisotopic (exact) mass is 261 g/mol. The van der Waals surface area contributed by atoms with E-state index in [-0.39, 0.29) is 5.75 Å². The predicted molar refractivity (Wildman–Crippen MR) is 75.7 cm³/mol. The molecule has 1 aromatic carbocycles. The van der Waals surface area contributed by atoms with Crippen molar-refractivity contribution < 1.29 is 5.11 Å². The van der Waals surface area contributed by atoms with Gasteiger partial charge in [0.2, 0.25) is 0 Å². The van der Waals surface area contributed by atoms with Crippen LogP contribution in [0.3, 0.4) is 0 Å². The number of nitrogens with zero attached hydrogens (tertiary/aromatic N) is 4. The van der Waals surface area contributed by atoms with Crippen molar-refractivity contribution in [2.24, 2.45) is 9.98 Å². The molecule has 6 heteroatoms. The van der Waals surface area contributed by atoms with Crippen LogP contribution in [-0.2, 0) is 0 Å². The highest BCUT2D eigenvalue weighted by atomic mass is 16.3. The minimum Gasteiger partial charge on any atom is -0.506 e. The third-order valence-corrected chi connectivity index (χ3v) is 1.96. The molecule has 0 spiro atoms. The van der Waals surface area contributed by atoms with Gasteiger partial charge in [0.1, 0.15) is 11.3 Å². The lowest BCUT2D eigenvalue weighted by molar-refractivity contribution is 0.480. The van der Waals surface area contributed by atoms with Crippen molar-refractivity contribution in [1.82, 2.24) is 15.4 Å². The maximum Gasteiger partial charge on any atom is 0.154 e. The van der Waals surface area contributed by atoms with Gasteiger partial charge in [0.25, 0.3) is 0 Å². The Morgan fingerprint density at radius 2 is 1.74 bits per heavy atom. The normalized spacial score (nSPS) is 10.0. The fourth-order valence-electron chi connectivity index (χ4n) is 1.12. The van der Waals surface area contributed by atoms with Crippen molar-refractivity contribution in [3.63, 3.8) is 0 Å². The number of phenols is 1. The lowest BCUT2D eigenvalue weighted by atomic mass is 10.3. The van der Waals surface area contributed by atoms with Crippen LogP contribution < -0.4 is 0 Å². The molecule has 0 saturated carbocycles. The first-order valence-corrected chi connectivity index (χ1v) is 6.14. The number of benzene rings is 1. The van der Waals surface area contributed by atoms with Crippen LogP contribution in [-0.4, -0.2) is 38.6 Å². The summed E-state index contributed by atoms with van der Waals surface area (Å²) in [6.45, 7) is 8.01. The summed E-state index contributed by atoms with van der Waals surface area (Å²) in [6, 6.07) is 8.33. The number of hydrogen-bond donors (Lipinski definition) is 2. The number of aromatic hydroxyl groups is 1. The maximum absolute atomic E-state index is 9.14. The van der Waals surface area contributed by atoms with Crippen LogP contribution in [0.5, 0.6) is 5.75 Å². The SMILES string of the molecule is CC(C)N=C=NC(C)C.Oc1cccc2n[nH]nc12. The zero-order valence-electron chi connectivity index (χ0n) is 11.6. The average Bonchev–Trinajstić information content (AvgIpc) is 2.78. The fraction of sp³-hybridized carbons (Fsp3) is 0.462. The summed E-state index contributed by atoms with van der Waals surface area (Å²) in [6.07, 6.45) is 0. The van der Waals surface area contributed by atoms with Gasteiger partial charge in [-0.05, 0) is 39.8 Å². The van der Waals surface area contributed by atoms with Crippen molar-refractivity contribution >= 4 is 17.0 Å². The van der Waals surface area contributed by atoms with E-state index >= 15 is 0 Å². The van der Waals surface area contributed by atoms with Gasteiger partial charge in [-0.15, -0.1) is 0 Å². The van der Waals surface area contributed by atoms with Crippen LogP contribution in [0.1, 0.15) is 27.7 Å². The molecule has 1 heterocycles. The number of hydrogen-bond acceptors (Lipinski definition) is 5. The molecule has 19 heavy (non-hydrogen) atoms. The zero-order chi connectivity index (χ0) is 14.3. The number of fused-ring (bicyclic) bond motifs is 1. The van der Waals surface area contributed by atoms with Crippen LogP contribution in [0.4, 0.5) is 0 Å². The molecule has 0 aliphatic carbocycles. The molecule has 2 N–H and O–H groups in total. The highest BCUT2D eigenvalue weighted by Crippen LogP contribution is 2.18. The first-order valence-electron chi connectivity index (χ1n) is 6.14. The van der Waals surface area contributed by atoms with E-state index in [2.05, 4.69) is 31.4 Å². The molecular formula is C13H19N5O. The van der Waals surface area contributed by atoms with Crippen LogP contribution in [0.2, 0.25) is 0 Å². The molecule has 0 fully saturated rings. The van der Waals surface area contributed by atoms with Crippen molar-refractivity contribution in [1.29, 1.82) is 0 Å². The topological polar surface area (TPSA) is 86.5 Å². The Morgan fingerprint density at radius 1 is 1.11 bits per heavy atom. The molecule has 0 amide bonds. The molecule has 0 bridgehead atoms. The van der Waals surface area contributed by atoms with E-state index in [4.69, 9.17) is 5.11 Å². The summed E-state index contributed by atoms with van der Waals surface area (Å²) in [5.41, 5.74) is 1.20. The lowest BCUT2D eigenvalue weighted by Crippen LogP contribution is -1.88. The highest BCUT2D eigenvalue weighted by Gasteiger charge is 2.00. The second-order valence-electron chi connectivity index (χ2n) is 4.51. The molecule has 102 valence electrons. The van der Waals surface area contributed by atoms with Gasteiger partial charge in [-0.1, -0.05) is 6.07 Å². The van der Waals surface area contributed by atoms with Crippen molar-refractivity contribution in [3.8, 4) is 5.75 Å². The minimum absolute atomic E-state index is 0.159. The third kappa shape index (κ3) is 5.31. The van der Waals surface area contributed by atoms with E-state index in [1.54, 1.807) is 18.2 Å². The lowest BCUT2D eigenvalue weighted by Gasteiger charge is -1.89. The molecule has 0 saturated heterocycles. The second kappa shape index (κ2) is 7.28. The average molecular weight is 261 g/mol. The van der Waals surface area contributed by atoms with Crippen molar-refractivity contribution in [2.75, 3.05) is 0 Å². The summed E-state index contributed by atoms with van der Waals surface area (Å²) in [5.74, 6) is 0.159. The van der Waals surface area contributed by atoms with E-state index in [9.17, 15) is 0 Å². The Hall–Kier alpha value is -2.20. The van der Waals surface area contributed by atoms with Gasteiger partial charge in [-0.2, -0.15) is 15.4 Å². The number of rotatable bonds is 2. The maximum atomic E-state index is 9.14. The number of nitrogens with one attached hydrogen (secondary N) is 1. The Kier molecular flexibility index (Phi) is 5.70. The summed E-state index contributed by atoms with van der Waals surface area (Å²) in [7, 11) is 0. The van der Waals surface area contributed by atoms with Crippen LogP contribution in [0.15, 0.2) is 28.2 Å². The molecular weight excluding hydrogens is 242 g/mol. The molecule has 1 aromatic heterocycles. The van der Waals surface area contributed by atoms with Crippen molar-refractivity contribution in [2.45, 2.75) is 39.8 Å². The zero-order valence-corrected chi connectivity index (χ0v) is 11.6. The number of phenolic OH excluding ortho intramolecular Hbond substituents is 1. The molecule has 0 aliphatic rings. The quantitative estimate of drug-likeness (QED) is 0.815. The second-order valence-corrected chi connectivity index (χ2v) is 4.51. The van der Waals surface area contributed by atoms with Crippen LogP contribution in [0, 0.1) is 0 Å². The van der Waals surface area contributed by atoms with Gasteiger partial charge in [0.05, 0.1) is 18.1 Å². The summed E-state index contributed by atoms with van der Waals surface area (Å²) < 4.78 is 0. The Balaban J connectivity index is 0.000000192. The number of para-hydroxylation sites is 1. The summed E-state index contributed by atoms with van der Waals surface area (Å²) in [4.78, 5) is 7.90. The molecule has 0 atom stereocenters. The van der Waals surface area contributed by atoms with Gasteiger partial charge in [-0.25, -0.2) is 9.98 Å². The molecule has 0 aliphatic heterocycles. The summed E-state index contributed by atoms with van der Waals surface area (Å²) in [5, 5.41) is 19.1. The largest absolute Gasteiger partial charge is 0.506 e. The van der Waals surface area contributed by atoms with Gasteiger partial charge in [0, 0.05) is 0 Å². The first-order chi connectivity index (χ1) is 9.00. The molecule has 0 unspecified atom stereocenters. The van der Waals surface area contributed by atoms with Gasteiger partial charge in [0.15, 0.2) is 5.52 Å². The van der Waals surface area contributed by atoms with Gasteiger partial charge >= 0.3 is 0 Å². The van der Waals surface area contributed by atoms with E-state index in [0.717, 1.165) is 0 Å². The number of H-pyrrole nitrogens is 1. The number of aliphatic imine (C=N–C) groups is 2. The molecule has 0 radical (unpaired) electrons. The third-order valence-electron chi connectivity index (χ3n) is 1.96. The molecule has 6 nitrogen and oxygen atoms in total. The van der Waals surface area contributed by atoms with E-state index in [1.807, 2.05) is 27.7 Å². The fourth-order valence-corrected chi connectivity index (χ4v) is 1.12. The van der Waals surface area contributed by atoms with E-state index in [0.29, 0.717) is 23.1 Å². The number of aromatic amines is 1. The Labute approximate surface area is 112 Å². The molecule has 2 aromatic rings. The molecule has 2 rings (SSSR count). The Morgan fingerprint density at radius 3 is 2.26 bits per heavy atom. The number of aromatic nitrogens is 3. The standard InChI is InChI=1S/C7H14N2.C6H5N3O/c1-6(2)8-5-9-7(3)4;10-5-3-1-2-4-6(5)8-9-7-4/h6-7H,1-4H3;1-3,10H,(H,7,8,9). The van der Waals surface area contributed by atoms with E-state index < -0.39 is 0 Å². The smallest absolute Gasteiger partial charge is 0.154 e. The van der Waals surface area contributed by atoms with Gasteiger partial charge < -0.3 is 5.11 Å². The predicted octanol–water partition coefficient (Wildman–Crippen LogP) is 2.64. The Bertz CT molecular complexity index is 555. The van der Waals surface area contributed by atoms with E-state index in [1.165, 1.54) is 0 Å². The van der Waals surface area contributed by atoms with Crippen LogP contribution >= 0.6 is 0 Å². The summed E-state index contributed by atoms with van der Waals surface area (Å²) >= 11 is 0. The van der Waals surface area contributed by atoms with Crippen molar-refractivity contribution in [3.05, 3.63) is 18.2 Å². The highest BCUT2D eigenvalue weighted by molar-refractivity contribution is 5.79. The van der Waals surface area contributed by atoms with Crippen LogP contribution in [0.25, 0.3) is 11.0 Å². The minimum atomic E-state index is 0.159. The first kappa shape index (κ1) is 14.9. The van der Waals surface area contributed by atoms with Gasteiger partial charge in [-0.3, -0.25) is 0 Å².